The Morgan fingerprint density at radius 2 is 1.79 bits per heavy atom. The van der Waals surface area contributed by atoms with E-state index in [2.05, 4.69) is 23.9 Å². The number of amides is 2. The Bertz CT molecular complexity index is 1300. The molecule has 2 N–H and O–H groups in total. The van der Waals surface area contributed by atoms with Crippen molar-refractivity contribution in [1.29, 1.82) is 0 Å². The summed E-state index contributed by atoms with van der Waals surface area (Å²) in [6, 6.07) is 10.6. The van der Waals surface area contributed by atoms with Crippen LogP contribution in [0.5, 0.6) is 0 Å². The van der Waals surface area contributed by atoms with E-state index in [1.807, 2.05) is 12.1 Å². The molecule has 0 radical (unpaired) electrons. The van der Waals surface area contributed by atoms with Crippen LogP contribution in [0.3, 0.4) is 0 Å². The quantitative estimate of drug-likeness (QED) is 0.443. The molecule has 38 heavy (non-hydrogen) atoms. The van der Waals surface area contributed by atoms with Crippen LogP contribution in [-0.2, 0) is 14.8 Å². The van der Waals surface area contributed by atoms with E-state index in [1.54, 1.807) is 35.2 Å². The number of hydrogen-bond donors (Lipinski definition) is 2. The molecular weight excluding hydrogens is 545 g/mol. The molecule has 7 nitrogen and oxygen atoms in total. The van der Waals surface area contributed by atoms with Crippen LogP contribution in [0.1, 0.15) is 79.4 Å². The smallest absolute Gasteiger partial charge is 0.255 e. The average Bonchev–Trinajstić information content (AvgIpc) is 2.83. The van der Waals surface area contributed by atoms with Crippen molar-refractivity contribution >= 4 is 45.0 Å². The molecule has 2 aromatic carbocycles. The van der Waals surface area contributed by atoms with E-state index < -0.39 is 34.1 Å². The molecule has 2 aromatic rings. The number of sulfonamides is 1. The summed E-state index contributed by atoms with van der Waals surface area (Å²) in [4.78, 5) is 29.8. The Labute approximate surface area is 235 Å². The van der Waals surface area contributed by atoms with Gasteiger partial charge in [0, 0.05) is 34.2 Å². The number of carbonyl (C=O) groups is 2. The monoisotopic (exact) mass is 579 g/mol. The molecule has 2 aliphatic rings. The Balaban J connectivity index is 1.89. The molecule has 0 saturated heterocycles. The zero-order valence-corrected chi connectivity index (χ0v) is 24.2. The number of nitrogens with zero attached hydrogens (tertiary/aromatic N) is 1. The molecule has 10 heteroatoms. The third-order valence-electron chi connectivity index (χ3n) is 7.41. The van der Waals surface area contributed by atoms with Crippen LogP contribution in [0.4, 0.5) is 0 Å². The topological polar surface area (TPSA) is 95.6 Å². The van der Waals surface area contributed by atoms with Crippen molar-refractivity contribution in [3.8, 4) is 0 Å². The van der Waals surface area contributed by atoms with Gasteiger partial charge in [0.1, 0.15) is 0 Å². The van der Waals surface area contributed by atoms with Gasteiger partial charge in [0.05, 0.1) is 18.2 Å². The van der Waals surface area contributed by atoms with Crippen molar-refractivity contribution in [2.45, 2.75) is 70.0 Å². The van der Waals surface area contributed by atoms with Gasteiger partial charge in [-0.1, -0.05) is 74.2 Å². The van der Waals surface area contributed by atoms with Gasteiger partial charge in [0.25, 0.3) is 5.91 Å². The van der Waals surface area contributed by atoms with E-state index in [4.69, 9.17) is 23.2 Å². The zero-order valence-electron chi connectivity index (χ0n) is 21.9. The first-order valence-electron chi connectivity index (χ1n) is 13.1. The molecule has 206 valence electrons. The Hall–Kier alpha value is -2.13. The minimum absolute atomic E-state index is 0.199. The Morgan fingerprint density at radius 3 is 2.47 bits per heavy atom. The van der Waals surface area contributed by atoms with Gasteiger partial charge in [-0.15, -0.1) is 0 Å². The summed E-state index contributed by atoms with van der Waals surface area (Å²) in [6.07, 6.45) is 4.82. The first-order chi connectivity index (χ1) is 18.0. The molecule has 0 bridgehead atoms. The fraction of sp³-hybridized carbons (Fsp3) is 0.500. The standard InChI is InChI=1S/C28H35Cl2N3O4S/c1-17(2)14-15-31-27(34)25-19-8-4-5-9-20(19)28(35)33(26(25)21-13-12-18(29)16-22(21)30)24-11-7-6-10-23(24)32-38(3,36)37/h4-5,8-9,12-13,16-17,23-26,32H,6-7,10-11,14-15H2,1-3H3,(H,31,34)/t23?,24-,25+,26-/m0/s1. The summed E-state index contributed by atoms with van der Waals surface area (Å²) < 4.78 is 27.3. The molecule has 4 atom stereocenters. The summed E-state index contributed by atoms with van der Waals surface area (Å²) in [5.74, 6) is -0.765. The summed E-state index contributed by atoms with van der Waals surface area (Å²) >= 11 is 13.0. The van der Waals surface area contributed by atoms with Gasteiger partial charge in [-0.05, 0) is 54.5 Å². The van der Waals surface area contributed by atoms with Crippen molar-refractivity contribution in [1.82, 2.24) is 14.9 Å². The molecule has 0 spiro atoms. The lowest BCUT2D eigenvalue weighted by molar-refractivity contribution is -0.124. The molecule has 1 unspecified atom stereocenters. The molecule has 1 aliphatic carbocycles. The van der Waals surface area contributed by atoms with Gasteiger partial charge in [-0.25, -0.2) is 13.1 Å². The highest BCUT2D eigenvalue weighted by Crippen LogP contribution is 2.47. The number of benzene rings is 2. The number of hydrogen-bond acceptors (Lipinski definition) is 4. The molecule has 4 rings (SSSR count). The largest absolute Gasteiger partial charge is 0.355 e. The summed E-state index contributed by atoms with van der Waals surface area (Å²) in [7, 11) is -3.53. The highest BCUT2D eigenvalue weighted by Gasteiger charge is 2.49. The maximum Gasteiger partial charge on any atom is 0.255 e. The van der Waals surface area contributed by atoms with Gasteiger partial charge < -0.3 is 10.2 Å². The number of rotatable bonds is 8. The second-order valence-electron chi connectivity index (χ2n) is 10.7. The maximum absolute atomic E-state index is 14.2. The Morgan fingerprint density at radius 1 is 1.08 bits per heavy atom. The number of nitrogens with one attached hydrogen (secondary N) is 2. The van der Waals surface area contributed by atoms with Crippen LogP contribution in [0.2, 0.25) is 10.0 Å². The fourth-order valence-corrected chi connectivity index (χ4v) is 7.07. The molecule has 1 aliphatic heterocycles. The molecule has 0 aromatic heterocycles. The number of fused-ring (bicyclic) bond motifs is 1. The summed E-state index contributed by atoms with van der Waals surface area (Å²) in [6.45, 7) is 4.69. The van der Waals surface area contributed by atoms with Gasteiger partial charge in [-0.2, -0.15) is 0 Å². The third-order valence-corrected chi connectivity index (χ3v) is 8.71. The second-order valence-corrected chi connectivity index (χ2v) is 13.3. The van der Waals surface area contributed by atoms with E-state index in [9.17, 15) is 18.0 Å². The SMILES string of the molecule is CC(C)CCNC(=O)[C@@H]1c2ccccc2C(=O)N([C@H]2CCCCC2NS(C)(=O)=O)[C@H]1c1ccc(Cl)cc1Cl. The van der Waals surface area contributed by atoms with Crippen molar-refractivity contribution in [2.75, 3.05) is 12.8 Å². The first-order valence-corrected chi connectivity index (χ1v) is 15.7. The van der Waals surface area contributed by atoms with Gasteiger partial charge in [-0.3, -0.25) is 9.59 Å². The number of carbonyl (C=O) groups excluding carboxylic acids is 2. The van der Waals surface area contributed by atoms with Gasteiger partial charge >= 0.3 is 0 Å². The van der Waals surface area contributed by atoms with Crippen molar-refractivity contribution in [3.63, 3.8) is 0 Å². The van der Waals surface area contributed by atoms with Crippen molar-refractivity contribution in [3.05, 3.63) is 69.2 Å². The molecule has 2 amide bonds. The van der Waals surface area contributed by atoms with E-state index >= 15 is 0 Å². The van der Waals surface area contributed by atoms with Crippen LogP contribution in [-0.4, -0.2) is 50.0 Å². The minimum Gasteiger partial charge on any atom is -0.355 e. The van der Waals surface area contributed by atoms with Crippen LogP contribution >= 0.6 is 23.2 Å². The predicted molar refractivity (Wildman–Crippen MR) is 151 cm³/mol. The van der Waals surface area contributed by atoms with Crippen LogP contribution < -0.4 is 10.0 Å². The van der Waals surface area contributed by atoms with Crippen LogP contribution in [0.15, 0.2) is 42.5 Å². The second kappa shape index (κ2) is 11.9. The van der Waals surface area contributed by atoms with Crippen molar-refractivity contribution < 1.29 is 18.0 Å². The van der Waals surface area contributed by atoms with Gasteiger partial charge in [0.2, 0.25) is 15.9 Å². The normalized spacial score (nSPS) is 23.8. The number of halogens is 2. The summed E-state index contributed by atoms with van der Waals surface area (Å²) in [5.41, 5.74) is 1.68. The molecule has 1 saturated carbocycles. The maximum atomic E-state index is 14.2. The lowest BCUT2D eigenvalue weighted by Gasteiger charge is -2.49. The van der Waals surface area contributed by atoms with Crippen molar-refractivity contribution in [2.24, 2.45) is 5.92 Å². The molecule has 1 fully saturated rings. The lowest BCUT2D eigenvalue weighted by atomic mass is 9.76. The van der Waals surface area contributed by atoms with Gasteiger partial charge in [0.15, 0.2) is 0 Å². The van der Waals surface area contributed by atoms with Crippen LogP contribution in [0, 0.1) is 5.92 Å². The predicted octanol–water partition coefficient (Wildman–Crippen LogP) is 5.30. The van der Waals surface area contributed by atoms with Crippen LogP contribution in [0.25, 0.3) is 0 Å². The molecular formula is C28H35Cl2N3O4S. The molecule has 1 heterocycles. The van der Waals surface area contributed by atoms with E-state index in [-0.39, 0.29) is 11.8 Å². The fourth-order valence-electron chi connectivity index (χ4n) is 5.72. The first kappa shape index (κ1) is 28.9. The van der Waals surface area contributed by atoms with E-state index in [0.717, 1.165) is 25.5 Å². The Kier molecular flexibility index (Phi) is 9.07. The average molecular weight is 581 g/mol. The zero-order chi connectivity index (χ0) is 27.6. The third kappa shape index (κ3) is 6.36. The minimum atomic E-state index is -3.53. The highest BCUT2D eigenvalue weighted by atomic mass is 35.5. The van der Waals surface area contributed by atoms with E-state index in [0.29, 0.717) is 52.0 Å². The summed E-state index contributed by atoms with van der Waals surface area (Å²) in [5, 5.41) is 3.88. The van der Waals surface area contributed by atoms with E-state index in [1.165, 1.54) is 0 Å². The lowest BCUT2D eigenvalue weighted by Crippen LogP contribution is -2.59. The highest BCUT2D eigenvalue weighted by molar-refractivity contribution is 7.88.